The molecule has 0 radical (unpaired) electrons. The van der Waals surface area contributed by atoms with Crippen molar-refractivity contribution in [1.82, 2.24) is 5.32 Å². The van der Waals surface area contributed by atoms with Crippen LogP contribution in [0.1, 0.15) is 56.2 Å². The lowest BCUT2D eigenvalue weighted by atomic mass is 9.84. The predicted octanol–water partition coefficient (Wildman–Crippen LogP) is 4.24. The lowest BCUT2D eigenvalue weighted by molar-refractivity contribution is -0.0211. The minimum Gasteiger partial charge on any atom is -0.376 e. The summed E-state index contributed by atoms with van der Waals surface area (Å²) in [5.41, 5.74) is 2.70. The smallest absolute Gasteiger partial charge is 0.0665 e. The molecule has 1 aromatic rings. The van der Waals surface area contributed by atoms with Crippen molar-refractivity contribution in [3.8, 4) is 0 Å². The monoisotopic (exact) mass is 275 g/mol. The van der Waals surface area contributed by atoms with Crippen molar-refractivity contribution >= 4 is 0 Å². The zero-order valence-corrected chi connectivity index (χ0v) is 13.2. The molecule has 0 aromatic heterocycles. The first-order valence-corrected chi connectivity index (χ1v) is 8.10. The van der Waals surface area contributed by atoms with Gasteiger partial charge in [-0.25, -0.2) is 0 Å². The number of rotatable bonds is 6. The van der Waals surface area contributed by atoms with Crippen LogP contribution in [0.5, 0.6) is 0 Å². The summed E-state index contributed by atoms with van der Waals surface area (Å²) < 4.78 is 6.29. The number of likely N-dealkylation sites (N-methyl/N-ethyl adjacent to an activating group) is 1. The highest BCUT2D eigenvalue weighted by atomic mass is 16.5. The Kier molecular flexibility index (Phi) is 6.06. The van der Waals surface area contributed by atoms with Crippen LogP contribution in [-0.4, -0.2) is 19.8 Å². The Bertz CT molecular complexity index is 404. The Labute approximate surface area is 123 Å². The molecule has 1 saturated carbocycles. The van der Waals surface area contributed by atoms with Gasteiger partial charge in [-0.05, 0) is 43.9 Å². The lowest BCUT2D eigenvalue weighted by Gasteiger charge is -2.32. The van der Waals surface area contributed by atoms with Crippen LogP contribution in [-0.2, 0) is 4.74 Å². The van der Waals surface area contributed by atoms with Crippen LogP contribution in [0.2, 0.25) is 0 Å². The molecule has 0 amide bonds. The maximum Gasteiger partial charge on any atom is 0.0665 e. The largest absolute Gasteiger partial charge is 0.376 e. The fraction of sp³-hybridized carbons (Fsp3) is 0.667. The molecule has 2 nitrogen and oxygen atoms in total. The molecule has 2 heteroatoms. The molecule has 20 heavy (non-hydrogen) atoms. The molecule has 3 atom stereocenters. The average molecular weight is 275 g/mol. The van der Waals surface area contributed by atoms with Gasteiger partial charge in [0.05, 0.1) is 18.8 Å². The highest BCUT2D eigenvalue weighted by Crippen LogP contribution is 2.30. The molecule has 112 valence electrons. The highest BCUT2D eigenvalue weighted by Gasteiger charge is 2.25. The zero-order chi connectivity index (χ0) is 14.4. The summed E-state index contributed by atoms with van der Waals surface area (Å²) in [6.45, 7) is 5.25. The topological polar surface area (TPSA) is 21.3 Å². The normalized spacial score (nSPS) is 24.6. The molecule has 3 unspecified atom stereocenters. The van der Waals surface area contributed by atoms with E-state index in [-0.39, 0.29) is 0 Å². The average Bonchev–Trinajstić information content (AvgIpc) is 2.50. The van der Waals surface area contributed by atoms with Gasteiger partial charge in [-0.2, -0.15) is 0 Å². The van der Waals surface area contributed by atoms with Crippen molar-refractivity contribution in [2.45, 2.75) is 58.1 Å². The third-order valence-electron chi connectivity index (χ3n) is 4.75. The van der Waals surface area contributed by atoms with Gasteiger partial charge in [-0.1, -0.05) is 50.5 Å². The molecular weight excluding hydrogens is 246 g/mol. The predicted molar refractivity (Wildman–Crippen MR) is 85.0 cm³/mol. The third kappa shape index (κ3) is 3.83. The van der Waals surface area contributed by atoms with Gasteiger partial charge in [0.25, 0.3) is 0 Å². The maximum atomic E-state index is 6.29. The summed E-state index contributed by atoms with van der Waals surface area (Å²) in [7, 11) is 2.03. The molecule has 1 aromatic carbocycles. The Hall–Kier alpha value is -0.860. The molecule has 0 saturated heterocycles. The van der Waals surface area contributed by atoms with Crippen LogP contribution in [0.25, 0.3) is 0 Å². The second-order valence-electron chi connectivity index (χ2n) is 6.02. The summed E-state index contributed by atoms with van der Waals surface area (Å²) in [5.74, 6) is 0.762. The Morgan fingerprint density at radius 1 is 1.25 bits per heavy atom. The molecule has 2 rings (SSSR count). The third-order valence-corrected chi connectivity index (χ3v) is 4.75. The van der Waals surface area contributed by atoms with E-state index < -0.39 is 0 Å². The van der Waals surface area contributed by atoms with Gasteiger partial charge in [0.15, 0.2) is 0 Å². The first-order valence-electron chi connectivity index (χ1n) is 8.10. The highest BCUT2D eigenvalue weighted by molar-refractivity contribution is 5.28. The molecule has 1 N–H and O–H groups in total. The Balaban J connectivity index is 1.95. The van der Waals surface area contributed by atoms with Crippen molar-refractivity contribution in [2.75, 3.05) is 13.7 Å². The van der Waals surface area contributed by atoms with E-state index in [1.807, 2.05) is 7.05 Å². The number of nitrogens with one attached hydrogen (secondary N) is 1. The van der Waals surface area contributed by atoms with Crippen molar-refractivity contribution in [3.63, 3.8) is 0 Å². The van der Waals surface area contributed by atoms with Gasteiger partial charge < -0.3 is 10.1 Å². The maximum absolute atomic E-state index is 6.29. The van der Waals surface area contributed by atoms with Gasteiger partial charge in [0.2, 0.25) is 0 Å². The van der Waals surface area contributed by atoms with Gasteiger partial charge in [-0.15, -0.1) is 0 Å². The second-order valence-corrected chi connectivity index (χ2v) is 6.02. The lowest BCUT2D eigenvalue weighted by Crippen LogP contribution is -2.31. The number of benzene rings is 1. The summed E-state index contributed by atoms with van der Waals surface area (Å²) >= 11 is 0. The first kappa shape index (κ1) is 15.5. The van der Waals surface area contributed by atoms with Gasteiger partial charge >= 0.3 is 0 Å². The van der Waals surface area contributed by atoms with Crippen LogP contribution in [0.4, 0.5) is 0 Å². The van der Waals surface area contributed by atoms with Crippen LogP contribution in [0, 0.1) is 12.8 Å². The minimum atomic E-state index is 0.302. The Morgan fingerprint density at radius 3 is 2.70 bits per heavy atom. The number of hydrogen-bond donors (Lipinski definition) is 1. The number of ether oxygens (including phenoxy) is 1. The molecule has 1 aliphatic carbocycles. The van der Waals surface area contributed by atoms with Crippen LogP contribution in [0.3, 0.4) is 0 Å². The minimum absolute atomic E-state index is 0.302. The van der Waals surface area contributed by atoms with Crippen molar-refractivity contribution in [3.05, 3.63) is 35.4 Å². The molecular formula is C18H29NO. The molecule has 1 fully saturated rings. The summed E-state index contributed by atoms with van der Waals surface area (Å²) in [4.78, 5) is 0. The number of aryl methyl sites for hydroxylation is 1. The Morgan fingerprint density at radius 2 is 2.00 bits per heavy atom. The summed E-state index contributed by atoms with van der Waals surface area (Å²) in [6.07, 6.45) is 7.01. The van der Waals surface area contributed by atoms with Crippen LogP contribution in [0.15, 0.2) is 24.3 Å². The van der Waals surface area contributed by atoms with Crippen molar-refractivity contribution < 1.29 is 4.74 Å². The van der Waals surface area contributed by atoms with Crippen LogP contribution >= 0.6 is 0 Å². The standard InChI is InChI=1S/C18H29NO/c1-4-15-10-6-8-12-18(15)20-13-17(19-3)16-11-7-5-9-14(16)2/h5,7,9,11,15,17-19H,4,6,8,10,12-13H2,1-3H3. The second kappa shape index (κ2) is 7.80. The summed E-state index contributed by atoms with van der Waals surface area (Å²) in [5, 5.41) is 3.41. The van der Waals surface area contributed by atoms with Gasteiger partial charge in [0.1, 0.15) is 0 Å². The summed E-state index contributed by atoms with van der Waals surface area (Å²) in [6, 6.07) is 8.89. The van der Waals surface area contributed by atoms with Crippen molar-refractivity contribution in [2.24, 2.45) is 5.92 Å². The molecule has 1 aliphatic rings. The van der Waals surface area contributed by atoms with Gasteiger partial charge in [0, 0.05) is 0 Å². The fourth-order valence-corrected chi connectivity index (χ4v) is 3.39. The van der Waals surface area contributed by atoms with E-state index in [2.05, 4.69) is 43.4 Å². The fourth-order valence-electron chi connectivity index (χ4n) is 3.39. The van der Waals surface area contributed by atoms with Crippen LogP contribution < -0.4 is 5.32 Å². The zero-order valence-electron chi connectivity index (χ0n) is 13.2. The van der Waals surface area contributed by atoms with Gasteiger partial charge in [-0.3, -0.25) is 0 Å². The van der Waals surface area contributed by atoms with E-state index in [9.17, 15) is 0 Å². The molecule has 0 spiro atoms. The first-order chi connectivity index (χ1) is 9.76. The quantitative estimate of drug-likeness (QED) is 0.838. The molecule has 0 aliphatic heterocycles. The number of hydrogen-bond acceptors (Lipinski definition) is 2. The van der Waals surface area contributed by atoms with E-state index in [1.165, 1.54) is 43.2 Å². The van der Waals surface area contributed by atoms with Crippen molar-refractivity contribution in [1.29, 1.82) is 0 Å². The SMILES string of the molecule is CCC1CCCCC1OCC(NC)c1ccccc1C. The van der Waals surface area contributed by atoms with E-state index in [0.29, 0.717) is 12.1 Å². The van der Waals surface area contributed by atoms with E-state index >= 15 is 0 Å². The molecule has 0 bridgehead atoms. The van der Waals surface area contributed by atoms with E-state index in [1.54, 1.807) is 0 Å². The molecule has 0 heterocycles. The van der Waals surface area contributed by atoms with E-state index in [4.69, 9.17) is 4.74 Å². The van der Waals surface area contributed by atoms with E-state index in [0.717, 1.165) is 12.5 Å².